The lowest BCUT2D eigenvalue weighted by molar-refractivity contribution is 0.754. The summed E-state index contributed by atoms with van der Waals surface area (Å²) >= 11 is 1.95. The van der Waals surface area contributed by atoms with Gasteiger partial charge in [0.1, 0.15) is 17.5 Å². The quantitative estimate of drug-likeness (QED) is 0.868. The van der Waals surface area contributed by atoms with Crippen molar-refractivity contribution >= 4 is 23.4 Å². The van der Waals surface area contributed by atoms with Gasteiger partial charge in [0.05, 0.1) is 0 Å². The van der Waals surface area contributed by atoms with Crippen LogP contribution in [-0.4, -0.2) is 27.5 Å². The van der Waals surface area contributed by atoms with Crippen LogP contribution in [0, 0.1) is 6.92 Å². The molecule has 1 aliphatic rings. The minimum Gasteiger partial charge on any atom is -0.383 e. The van der Waals surface area contributed by atoms with Gasteiger partial charge in [-0.1, -0.05) is 13.3 Å². The maximum atomic E-state index is 6.00. The first-order chi connectivity index (χ1) is 9.15. The Balaban J connectivity index is 2.18. The summed E-state index contributed by atoms with van der Waals surface area (Å²) in [5.74, 6) is 2.40. The Morgan fingerprint density at radius 3 is 2.84 bits per heavy atom. The van der Waals surface area contributed by atoms with Crippen molar-refractivity contribution in [2.24, 2.45) is 0 Å². The van der Waals surface area contributed by atoms with Crippen LogP contribution in [0.2, 0.25) is 0 Å². The highest BCUT2D eigenvalue weighted by molar-refractivity contribution is 7.99. The van der Waals surface area contributed by atoms with Crippen molar-refractivity contribution in [3.63, 3.8) is 0 Å². The Hall–Kier alpha value is -0.970. The fourth-order valence-electron chi connectivity index (χ4n) is 2.61. The molecular weight excluding hydrogens is 256 g/mol. The molecule has 1 aliphatic carbocycles. The third-order valence-electron chi connectivity index (χ3n) is 3.78. The van der Waals surface area contributed by atoms with Gasteiger partial charge in [-0.15, -0.1) is 0 Å². The highest BCUT2D eigenvalue weighted by Gasteiger charge is 2.27. The molecule has 1 aromatic rings. The zero-order chi connectivity index (χ0) is 13.8. The highest BCUT2D eigenvalue weighted by Crippen LogP contribution is 2.31. The summed E-state index contributed by atoms with van der Waals surface area (Å²) in [6, 6.07) is 0.512. The van der Waals surface area contributed by atoms with Crippen molar-refractivity contribution in [3.8, 4) is 0 Å². The zero-order valence-electron chi connectivity index (χ0n) is 12.1. The Kier molecular flexibility index (Phi) is 4.91. The van der Waals surface area contributed by atoms with Crippen LogP contribution in [0.3, 0.4) is 0 Å². The average Bonchev–Trinajstić information content (AvgIpc) is 2.83. The Labute approximate surface area is 120 Å². The van der Waals surface area contributed by atoms with Gasteiger partial charge in [-0.2, -0.15) is 11.8 Å². The molecule has 0 bridgehead atoms. The molecule has 106 valence electrons. The molecule has 1 fully saturated rings. The summed E-state index contributed by atoms with van der Waals surface area (Å²) in [6.07, 6.45) is 7.92. The molecule has 0 saturated heterocycles. The molecule has 0 aliphatic heterocycles. The molecule has 0 aromatic carbocycles. The van der Waals surface area contributed by atoms with Crippen molar-refractivity contribution < 1.29 is 0 Å². The predicted octanol–water partition coefficient (Wildman–Crippen LogP) is 3.02. The first-order valence-corrected chi connectivity index (χ1v) is 8.36. The summed E-state index contributed by atoms with van der Waals surface area (Å²) in [5, 5.41) is 4.28. The number of nitrogens with one attached hydrogen (secondary N) is 1. The van der Waals surface area contributed by atoms with Crippen LogP contribution >= 0.6 is 11.8 Å². The fraction of sp³-hybridized carbons (Fsp3) is 0.714. The van der Waals surface area contributed by atoms with Crippen LogP contribution in [0.1, 0.15) is 44.0 Å². The van der Waals surface area contributed by atoms with Crippen LogP contribution in [0.5, 0.6) is 0 Å². The van der Waals surface area contributed by atoms with Crippen molar-refractivity contribution in [2.45, 2.75) is 57.2 Å². The molecule has 5 heteroatoms. The van der Waals surface area contributed by atoms with E-state index in [0.29, 0.717) is 17.1 Å². The maximum Gasteiger partial charge on any atom is 0.135 e. The SMILES string of the molecule is CCCc1nc(N)c(C)c(NC2CCCC2SC)n1. The summed E-state index contributed by atoms with van der Waals surface area (Å²) in [7, 11) is 0. The monoisotopic (exact) mass is 280 g/mol. The molecule has 1 heterocycles. The molecule has 4 nitrogen and oxygen atoms in total. The van der Waals surface area contributed by atoms with Crippen molar-refractivity contribution in [1.29, 1.82) is 0 Å². The zero-order valence-corrected chi connectivity index (χ0v) is 12.9. The van der Waals surface area contributed by atoms with Crippen molar-refractivity contribution in [3.05, 3.63) is 11.4 Å². The second-order valence-electron chi connectivity index (χ2n) is 5.20. The van der Waals surface area contributed by atoms with Gasteiger partial charge in [-0.25, -0.2) is 9.97 Å². The molecule has 1 aromatic heterocycles. The topological polar surface area (TPSA) is 63.8 Å². The first kappa shape index (κ1) is 14.4. The molecule has 3 N–H and O–H groups in total. The van der Waals surface area contributed by atoms with Crippen LogP contribution in [0.4, 0.5) is 11.6 Å². The third kappa shape index (κ3) is 3.32. The number of aryl methyl sites for hydroxylation is 1. The van der Waals surface area contributed by atoms with E-state index in [-0.39, 0.29) is 0 Å². The normalized spacial score (nSPS) is 22.7. The number of aromatic nitrogens is 2. The lowest BCUT2D eigenvalue weighted by atomic mass is 10.2. The first-order valence-electron chi connectivity index (χ1n) is 7.08. The molecule has 0 spiro atoms. The number of nitrogens with two attached hydrogens (primary N) is 1. The molecule has 2 rings (SSSR count). The number of anilines is 2. The van der Waals surface area contributed by atoms with Crippen molar-refractivity contribution in [2.75, 3.05) is 17.3 Å². The molecule has 2 atom stereocenters. The van der Waals surface area contributed by atoms with Gasteiger partial charge in [0, 0.05) is 23.3 Å². The molecule has 2 unspecified atom stereocenters. The van der Waals surface area contributed by atoms with Crippen molar-refractivity contribution in [1.82, 2.24) is 9.97 Å². The molecule has 1 saturated carbocycles. The number of hydrogen-bond acceptors (Lipinski definition) is 5. The van der Waals surface area contributed by atoms with E-state index in [1.54, 1.807) is 0 Å². The molecular formula is C14H24N4S. The number of rotatable bonds is 5. The molecule has 19 heavy (non-hydrogen) atoms. The largest absolute Gasteiger partial charge is 0.383 e. The van der Waals surface area contributed by atoms with Gasteiger partial charge in [0.2, 0.25) is 0 Å². The third-order valence-corrected chi connectivity index (χ3v) is 4.95. The lowest BCUT2D eigenvalue weighted by Gasteiger charge is -2.21. The van der Waals surface area contributed by atoms with E-state index >= 15 is 0 Å². The maximum absolute atomic E-state index is 6.00. The highest BCUT2D eigenvalue weighted by atomic mass is 32.2. The lowest BCUT2D eigenvalue weighted by Crippen LogP contribution is -2.27. The number of hydrogen-bond donors (Lipinski definition) is 2. The Bertz CT molecular complexity index is 436. The second kappa shape index (κ2) is 6.46. The van der Waals surface area contributed by atoms with E-state index in [4.69, 9.17) is 5.73 Å². The Morgan fingerprint density at radius 1 is 1.37 bits per heavy atom. The smallest absolute Gasteiger partial charge is 0.135 e. The number of nitrogens with zero attached hydrogens (tertiary/aromatic N) is 2. The van der Waals surface area contributed by atoms with Crippen LogP contribution in [-0.2, 0) is 6.42 Å². The van der Waals surface area contributed by atoms with E-state index in [9.17, 15) is 0 Å². The summed E-state index contributed by atoms with van der Waals surface area (Å²) in [6.45, 7) is 4.13. The van der Waals surface area contributed by atoms with Crippen LogP contribution in [0.25, 0.3) is 0 Å². The van der Waals surface area contributed by atoms with E-state index < -0.39 is 0 Å². The summed E-state index contributed by atoms with van der Waals surface area (Å²) in [4.78, 5) is 9.00. The predicted molar refractivity (Wildman–Crippen MR) is 83.7 cm³/mol. The van der Waals surface area contributed by atoms with Gasteiger partial charge in [0.25, 0.3) is 0 Å². The fourth-order valence-corrected chi connectivity index (χ4v) is 3.54. The van der Waals surface area contributed by atoms with Gasteiger partial charge >= 0.3 is 0 Å². The van der Waals surface area contributed by atoms with Gasteiger partial charge in [-0.05, 0) is 32.4 Å². The minimum absolute atomic E-state index is 0.512. The summed E-state index contributed by atoms with van der Waals surface area (Å²) in [5.41, 5.74) is 6.98. The number of nitrogen functional groups attached to an aromatic ring is 1. The molecule has 0 radical (unpaired) electrons. The summed E-state index contributed by atoms with van der Waals surface area (Å²) < 4.78 is 0. The van der Waals surface area contributed by atoms with Gasteiger partial charge in [0.15, 0.2) is 0 Å². The average molecular weight is 280 g/mol. The van der Waals surface area contributed by atoms with Gasteiger partial charge < -0.3 is 11.1 Å². The second-order valence-corrected chi connectivity index (χ2v) is 6.28. The number of thioether (sulfide) groups is 1. The standard InChI is InChI=1S/C14H24N4S/c1-4-6-12-17-13(15)9(2)14(18-12)16-10-7-5-8-11(10)19-3/h10-11H,4-8H2,1-3H3,(H3,15,16,17,18). The Morgan fingerprint density at radius 2 is 2.16 bits per heavy atom. The van der Waals surface area contributed by atoms with Crippen LogP contribution < -0.4 is 11.1 Å². The van der Waals surface area contributed by atoms with E-state index in [2.05, 4.69) is 28.5 Å². The van der Waals surface area contributed by atoms with E-state index in [0.717, 1.165) is 30.0 Å². The van der Waals surface area contributed by atoms with E-state index in [1.165, 1.54) is 19.3 Å². The van der Waals surface area contributed by atoms with Crippen LogP contribution in [0.15, 0.2) is 0 Å². The van der Waals surface area contributed by atoms with Gasteiger partial charge in [-0.3, -0.25) is 0 Å². The molecule has 0 amide bonds. The minimum atomic E-state index is 0.512. The van der Waals surface area contributed by atoms with E-state index in [1.807, 2.05) is 18.7 Å².